The summed E-state index contributed by atoms with van der Waals surface area (Å²) in [6.45, 7) is 3.04. The van der Waals surface area contributed by atoms with Gasteiger partial charge in [-0.25, -0.2) is 4.98 Å². The van der Waals surface area contributed by atoms with Crippen LogP contribution in [-0.2, 0) is 12.3 Å². The van der Waals surface area contributed by atoms with Crippen LogP contribution in [0, 0.1) is 0 Å². The van der Waals surface area contributed by atoms with E-state index in [1.54, 1.807) is 42.3 Å². The third kappa shape index (κ3) is 5.43. The Morgan fingerprint density at radius 2 is 1.82 bits per heavy atom. The molecular formula is C24H25N5O2S2. The molecule has 0 unspecified atom stereocenters. The quantitative estimate of drug-likeness (QED) is 0.311. The summed E-state index contributed by atoms with van der Waals surface area (Å²) < 4.78 is 7.46. The van der Waals surface area contributed by atoms with Crippen LogP contribution in [0.15, 0.2) is 59.1 Å². The molecule has 0 fully saturated rings. The van der Waals surface area contributed by atoms with Crippen molar-refractivity contribution in [3.8, 4) is 27.7 Å². The van der Waals surface area contributed by atoms with Gasteiger partial charge in [0.05, 0.1) is 12.8 Å². The van der Waals surface area contributed by atoms with Crippen LogP contribution in [0.5, 0.6) is 5.75 Å². The number of hydrogen-bond donors (Lipinski definition) is 1. The number of methoxy groups -OCH3 is 1. The predicted octanol–water partition coefficient (Wildman–Crippen LogP) is 5.27. The molecule has 0 aliphatic rings. The SMILES string of the molecule is CCCCn1c(SCc2csc(-c3ccc(C(N)=O)cc3)n2)nnc1-c1ccc(OC)cc1. The first-order valence-corrected chi connectivity index (χ1v) is 12.5. The van der Waals surface area contributed by atoms with Crippen molar-refractivity contribution in [1.82, 2.24) is 19.7 Å². The van der Waals surface area contributed by atoms with Gasteiger partial charge >= 0.3 is 0 Å². The van der Waals surface area contributed by atoms with Crippen molar-refractivity contribution in [1.29, 1.82) is 0 Å². The minimum Gasteiger partial charge on any atom is -0.497 e. The number of carbonyl (C=O) groups is 1. The molecule has 0 radical (unpaired) electrons. The fraction of sp³-hybridized carbons (Fsp3) is 0.250. The summed E-state index contributed by atoms with van der Waals surface area (Å²) in [5, 5.41) is 12.8. The molecule has 33 heavy (non-hydrogen) atoms. The van der Waals surface area contributed by atoms with Crippen molar-refractivity contribution in [3.63, 3.8) is 0 Å². The van der Waals surface area contributed by atoms with Crippen molar-refractivity contribution in [2.24, 2.45) is 5.73 Å². The summed E-state index contributed by atoms with van der Waals surface area (Å²) in [5.74, 6) is 1.94. The zero-order valence-electron chi connectivity index (χ0n) is 18.5. The molecule has 0 saturated heterocycles. The first kappa shape index (κ1) is 23.0. The van der Waals surface area contributed by atoms with E-state index in [0.717, 1.165) is 57.9 Å². The maximum atomic E-state index is 11.3. The molecule has 0 aliphatic heterocycles. The Morgan fingerprint density at radius 1 is 1.09 bits per heavy atom. The molecule has 2 heterocycles. The van der Waals surface area contributed by atoms with Crippen LogP contribution in [-0.4, -0.2) is 32.8 Å². The summed E-state index contributed by atoms with van der Waals surface area (Å²) >= 11 is 3.22. The number of thiazole rings is 1. The van der Waals surface area contributed by atoms with E-state index in [-0.39, 0.29) is 0 Å². The van der Waals surface area contributed by atoms with Gasteiger partial charge in [0, 0.05) is 34.4 Å². The summed E-state index contributed by atoms with van der Waals surface area (Å²) in [6.07, 6.45) is 2.14. The predicted molar refractivity (Wildman–Crippen MR) is 133 cm³/mol. The summed E-state index contributed by atoms with van der Waals surface area (Å²) in [7, 11) is 1.66. The molecule has 7 nitrogen and oxygen atoms in total. The van der Waals surface area contributed by atoms with Crippen molar-refractivity contribution >= 4 is 29.0 Å². The molecule has 0 aliphatic carbocycles. The standard InChI is InChI=1S/C24H25N5O2S2/c1-3-4-13-29-22(17-9-11-20(31-2)12-10-17)27-28-24(29)33-15-19-14-32-23(26-19)18-7-5-16(6-8-18)21(25)30/h5-12,14H,3-4,13,15H2,1-2H3,(H2,25,30). The highest BCUT2D eigenvalue weighted by molar-refractivity contribution is 7.98. The van der Waals surface area contributed by atoms with Crippen LogP contribution in [0.25, 0.3) is 22.0 Å². The minimum atomic E-state index is -0.432. The highest BCUT2D eigenvalue weighted by Gasteiger charge is 2.15. The Labute approximate surface area is 201 Å². The van der Waals surface area contributed by atoms with E-state index in [1.807, 2.05) is 36.4 Å². The van der Waals surface area contributed by atoms with E-state index >= 15 is 0 Å². The lowest BCUT2D eigenvalue weighted by Gasteiger charge is -2.09. The Kier molecular flexibility index (Phi) is 7.41. The average molecular weight is 480 g/mol. The number of benzene rings is 2. The van der Waals surface area contributed by atoms with Gasteiger partial charge in [0.15, 0.2) is 11.0 Å². The smallest absolute Gasteiger partial charge is 0.248 e. The number of rotatable bonds is 10. The van der Waals surface area contributed by atoms with Crippen molar-refractivity contribution in [2.75, 3.05) is 7.11 Å². The number of hydrogen-bond acceptors (Lipinski definition) is 7. The minimum absolute atomic E-state index is 0.432. The second-order valence-electron chi connectivity index (χ2n) is 7.41. The molecule has 0 atom stereocenters. The first-order chi connectivity index (χ1) is 16.1. The van der Waals surface area contributed by atoms with Crippen LogP contribution in [0.4, 0.5) is 0 Å². The molecule has 0 saturated carbocycles. The first-order valence-electron chi connectivity index (χ1n) is 10.6. The lowest BCUT2D eigenvalue weighted by Crippen LogP contribution is -2.10. The van der Waals surface area contributed by atoms with Gasteiger partial charge in [-0.3, -0.25) is 4.79 Å². The number of aromatic nitrogens is 4. The summed E-state index contributed by atoms with van der Waals surface area (Å²) in [4.78, 5) is 16.0. The van der Waals surface area contributed by atoms with E-state index in [0.29, 0.717) is 11.3 Å². The largest absolute Gasteiger partial charge is 0.497 e. The number of nitrogens with zero attached hydrogens (tertiary/aromatic N) is 4. The van der Waals surface area contributed by atoms with Gasteiger partial charge < -0.3 is 15.0 Å². The van der Waals surface area contributed by atoms with Gasteiger partial charge in [0.25, 0.3) is 0 Å². The lowest BCUT2D eigenvalue weighted by atomic mass is 10.1. The number of unbranched alkanes of at least 4 members (excludes halogenated alkanes) is 1. The Morgan fingerprint density at radius 3 is 2.48 bits per heavy atom. The normalized spacial score (nSPS) is 11.0. The molecule has 9 heteroatoms. The second-order valence-corrected chi connectivity index (χ2v) is 9.21. The van der Waals surface area contributed by atoms with E-state index < -0.39 is 5.91 Å². The number of primary amides is 1. The molecule has 4 aromatic rings. The molecule has 0 spiro atoms. The van der Waals surface area contributed by atoms with E-state index in [1.165, 1.54) is 0 Å². The topological polar surface area (TPSA) is 95.9 Å². The fourth-order valence-electron chi connectivity index (χ4n) is 3.29. The van der Waals surface area contributed by atoms with Crippen LogP contribution in [0.3, 0.4) is 0 Å². The molecule has 1 amide bonds. The molecule has 2 N–H and O–H groups in total. The fourth-order valence-corrected chi connectivity index (χ4v) is 5.08. The van der Waals surface area contributed by atoms with Gasteiger partial charge in [-0.05, 0) is 42.8 Å². The van der Waals surface area contributed by atoms with Crippen LogP contribution in [0.1, 0.15) is 35.8 Å². The lowest BCUT2D eigenvalue weighted by molar-refractivity contribution is 0.100. The van der Waals surface area contributed by atoms with Gasteiger partial charge in [-0.1, -0.05) is 37.2 Å². The van der Waals surface area contributed by atoms with Gasteiger partial charge in [0.1, 0.15) is 10.8 Å². The third-order valence-corrected chi connectivity index (χ3v) is 7.06. The summed E-state index contributed by atoms with van der Waals surface area (Å²) in [5.41, 5.74) is 8.78. The summed E-state index contributed by atoms with van der Waals surface area (Å²) in [6, 6.07) is 15.1. The molecule has 0 bridgehead atoms. The van der Waals surface area contributed by atoms with Gasteiger partial charge in [-0.15, -0.1) is 21.5 Å². The molecular weight excluding hydrogens is 454 g/mol. The van der Waals surface area contributed by atoms with E-state index in [4.69, 9.17) is 15.5 Å². The average Bonchev–Trinajstić information content (AvgIpc) is 3.48. The van der Waals surface area contributed by atoms with Crippen molar-refractivity contribution in [3.05, 3.63) is 65.2 Å². The van der Waals surface area contributed by atoms with Crippen molar-refractivity contribution in [2.45, 2.75) is 37.2 Å². The highest BCUT2D eigenvalue weighted by atomic mass is 32.2. The second kappa shape index (κ2) is 10.6. The number of amides is 1. The number of thioether (sulfide) groups is 1. The maximum Gasteiger partial charge on any atom is 0.248 e. The molecule has 170 valence electrons. The third-order valence-electron chi connectivity index (χ3n) is 5.12. The zero-order chi connectivity index (χ0) is 23.2. The highest BCUT2D eigenvalue weighted by Crippen LogP contribution is 2.30. The van der Waals surface area contributed by atoms with Crippen LogP contribution < -0.4 is 10.5 Å². The van der Waals surface area contributed by atoms with E-state index in [2.05, 4.69) is 27.1 Å². The molecule has 2 aromatic carbocycles. The zero-order valence-corrected chi connectivity index (χ0v) is 20.2. The molecule has 4 rings (SSSR count). The molecule has 2 aromatic heterocycles. The van der Waals surface area contributed by atoms with E-state index in [9.17, 15) is 4.79 Å². The van der Waals surface area contributed by atoms with Gasteiger partial charge in [-0.2, -0.15) is 0 Å². The Bertz CT molecular complexity index is 1220. The monoisotopic (exact) mass is 479 g/mol. The van der Waals surface area contributed by atoms with Crippen molar-refractivity contribution < 1.29 is 9.53 Å². The number of ether oxygens (including phenoxy) is 1. The number of carbonyl (C=O) groups excluding carboxylic acids is 1. The van der Waals surface area contributed by atoms with Gasteiger partial charge in [0.2, 0.25) is 5.91 Å². The van der Waals surface area contributed by atoms with Crippen LogP contribution >= 0.6 is 23.1 Å². The Hall–Kier alpha value is -3.17. The van der Waals surface area contributed by atoms with Crippen LogP contribution in [0.2, 0.25) is 0 Å². The maximum absolute atomic E-state index is 11.3. The Balaban J connectivity index is 1.50. The number of nitrogens with two attached hydrogens (primary N) is 1.